The highest BCUT2D eigenvalue weighted by Gasteiger charge is 2.19. The Bertz CT molecular complexity index is 439. The molecule has 0 aliphatic carbocycles. The van der Waals surface area contributed by atoms with Gasteiger partial charge in [-0.2, -0.15) is 0 Å². The van der Waals surface area contributed by atoms with Crippen LogP contribution in [0.5, 0.6) is 5.75 Å². The first kappa shape index (κ1) is 14.3. The predicted molar refractivity (Wildman–Crippen MR) is 59.1 cm³/mol. The van der Waals surface area contributed by atoms with Crippen LogP contribution in [0.25, 0.3) is 0 Å². The Morgan fingerprint density at radius 2 is 2.28 bits per heavy atom. The Morgan fingerprint density at radius 1 is 1.61 bits per heavy atom. The van der Waals surface area contributed by atoms with Gasteiger partial charge in [0.15, 0.2) is 0 Å². The van der Waals surface area contributed by atoms with Crippen LogP contribution in [0.15, 0.2) is 6.07 Å². The summed E-state index contributed by atoms with van der Waals surface area (Å²) < 4.78 is 29.8. The first-order valence-corrected chi connectivity index (χ1v) is 5.35. The van der Waals surface area contributed by atoms with E-state index >= 15 is 0 Å². The number of aromatic hydroxyl groups is 1. The fraction of sp³-hybridized carbons (Fsp3) is 0.455. The van der Waals surface area contributed by atoms with E-state index in [1.54, 1.807) is 6.92 Å². The zero-order valence-electron chi connectivity index (χ0n) is 9.82. The van der Waals surface area contributed by atoms with Crippen LogP contribution >= 0.6 is 0 Å². The number of hydrogen-bond donors (Lipinski definition) is 2. The van der Waals surface area contributed by atoms with E-state index in [4.69, 9.17) is 10.5 Å². The van der Waals surface area contributed by atoms with Crippen molar-refractivity contribution >= 4 is 5.97 Å². The molecule has 0 saturated carbocycles. The van der Waals surface area contributed by atoms with Crippen LogP contribution in [0.4, 0.5) is 8.78 Å². The summed E-state index contributed by atoms with van der Waals surface area (Å²) in [5, 5.41) is 9.34. The van der Waals surface area contributed by atoms with Crippen molar-refractivity contribution in [1.29, 1.82) is 0 Å². The molecule has 0 atom stereocenters. The summed E-state index contributed by atoms with van der Waals surface area (Å²) in [6, 6.07) is 1.10. The molecule has 0 fully saturated rings. The lowest BCUT2D eigenvalue weighted by Crippen LogP contribution is -2.13. The molecule has 0 saturated heterocycles. The van der Waals surface area contributed by atoms with Gasteiger partial charge in [-0.3, -0.25) is 4.79 Å². The summed E-state index contributed by atoms with van der Waals surface area (Å²) in [6.07, 6.45) is -3.17. The minimum absolute atomic E-state index is 0.0151. The molecule has 0 radical (unpaired) electrons. The molecule has 0 spiro atoms. The standard InChI is InChI=1S/C11H14F2N2O3/c1-2-18-9(17)4-7-6(5-14)3-8(16)10(15-7)11(12)13/h3,11,16H,2,4-5,14H2,1H3. The molecule has 1 aromatic rings. The molecule has 7 heteroatoms. The van der Waals surface area contributed by atoms with E-state index in [2.05, 4.69) is 4.98 Å². The van der Waals surface area contributed by atoms with Gasteiger partial charge in [0.1, 0.15) is 11.4 Å². The first-order chi connectivity index (χ1) is 8.49. The number of aromatic nitrogens is 1. The Balaban J connectivity index is 3.08. The van der Waals surface area contributed by atoms with Gasteiger partial charge < -0.3 is 15.6 Å². The largest absolute Gasteiger partial charge is 0.506 e. The highest BCUT2D eigenvalue weighted by Crippen LogP contribution is 2.28. The van der Waals surface area contributed by atoms with Crippen molar-refractivity contribution in [2.45, 2.75) is 26.3 Å². The Kier molecular flexibility index (Phi) is 4.96. The number of hydrogen-bond acceptors (Lipinski definition) is 5. The van der Waals surface area contributed by atoms with Crippen molar-refractivity contribution in [1.82, 2.24) is 4.98 Å². The third-order valence-electron chi connectivity index (χ3n) is 2.24. The maximum atomic E-state index is 12.6. The molecule has 0 aliphatic heterocycles. The Hall–Kier alpha value is -1.76. The van der Waals surface area contributed by atoms with Crippen LogP contribution in [0.2, 0.25) is 0 Å². The maximum absolute atomic E-state index is 12.6. The van der Waals surface area contributed by atoms with Gasteiger partial charge >= 0.3 is 5.97 Å². The molecule has 0 unspecified atom stereocenters. The third kappa shape index (κ3) is 3.36. The summed E-state index contributed by atoms with van der Waals surface area (Å²) >= 11 is 0. The number of ether oxygens (including phenoxy) is 1. The number of rotatable bonds is 5. The topological polar surface area (TPSA) is 85.4 Å². The average Bonchev–Trinajstić information content (AvgIpc) is 2.30. The molecular weight excluding hydrogens is 246 g/mol. The van der Waals surface area contributed by atoms with Crippen LogP contribution < -0.4 is 5.73 Å². The summed E-state index contributed by atoms with van der Waals surface area (Å²) in [5.74, 6) is -1.20. The zero-order valence-corrected chi connectivity index (χ0v) is 9.82. The van der Waals surface area contributed by atoms with Crippen molar-refractivity contribution in [2.24, 2.45) is 5.73 Å². The summed E-state index contributed by atoms with van der Waals surface area (Å²) in [5.41, 5.74) is 5.09. The lowest BCUT2D eigenvalue weighted by atomic mass is 10.1. The van der Waals surface area contributed by atoms with Gasteiger partial charge in [-0.15, -0.1) is 0 Å². The van der Waals surface area contributed by atoms with Gasteiger partial charge in [0.25, 0.3) is 6.43 Å². The van der Waals surface area contributed by atoms with E-state index < -0.39 is 23.8 Å². The first-order valence-electron chi connectivity index (χ1n) is 5.35. The number of nitrogens with zero attached hydrogens (tertiary/aromatic N) is 1. The van der Waals surface area contributed by atoms with E-state index in [0.29, 0.717) is 5.56 Å². The maximum Gasteiger partial charge on any atom is 0.311 e. The van der Waals surface area contributed by atoms with Gasteiger partial charge in [0, 0.05) is 6.54 Å². The van der Waals surface area contributed by atoms with Crippen LogP contribution in [0.1, 0.15) is 30.3 Å². The van der Waals surface area contributed by atoms with Gasteiger partial charge in [-0.05, 0) is 18.6 Å². The number of nitrogens with two attached hydrogens (primary N) is 1. The minimum atomic E-state index is -2.92. The number of carbonyl (C=O) groups excluding carboxylic acids is 1. The van der Waals surface area contributed by atoms with E-state index in [0.717, 1.165) is 6.07 Å². The molecule has 1 aromatic heterocycles. The number of alkyl halides is 2. The number of carbonyl (C=O) groups is 1. The van der Waals surface area contributed by atoms with E-state index in [1.165, 1.54) is 0 Å². The van der Waals surface area contributed by atoms with Crippen LogP contribution in [-0.2, 0) is 22.5 Å². The summed E-state index contributed by atoms with van der Waals surface area (Å²) in [4.78, 5) is 14.9. The van der Waals surface area contributed by atoms with E-state index in [1.807, 2.05) is 0 Å². The van der Waals surface area contributed by atoms with Gasteiger partial charge in [0.2, 0.25) is 0 Å². The van der Waals surface area contributed by atoms with Gasteiger partial charge in [-0.1, -0.05) is 0 Å². The molecule has 18 heavy (non-hydrogen) atoms. The fourth-order valence-electron chi connectivity index (χ4n) is 1.44. The zero-order chi connectivity index (χ0) is 13.7. The van der Waals surface area contributed by atoms with E-state index in [-0.39, 0.29) is 25.3 Å². The third-order valence-corrected chi connectivity index (χ3v) is 2.24. The Morgan fingerprint density at radius 3 is 2.78 bits per heavy atom. The monoisotopic (exact) mass is 260 g/mol. The average molecular weight is 260 g/mol. The summed E-state index contributed by atoms with van der Waals surface area (Å²) in [7, 11) is 0. The molecule has 1 rings (SSSR count). The number of pyridine rings is 1. The molecule has 3 N–H and O–H groups in total. The lowest BCUT2D eigenvalue weighted by molar-refractivity contribution is -0.142. The Labute approximate surface area is 103 Å². The van der Waals surface area contributed by atoms with Crippen molar-refractivity contribution in [3.8, 4) is 5.75 Å². The van der Waals surface area contributed by atoms with Crippen molar-refractivity contribution in [2.75, 3.05) is 6.61 Å². The molecule has 5 nitrogen and oxygen atoms in total. The number of esters is 1. The molecular formula is C11H14F2N2O3. The molecule has 0 amide bonds. The van der Waals surface area contributed by atoms with Gasteiger partial charge in [-0.25, -0.2) is 13.8 Å². The highest BCUT2D eigenvalue weighted by atomic mass is 19.3. The minimum Gasteiger partial charge on any atom is -0.506 e. The second-order valence-corrected chi connectivity index (χ2v) is 3.49. The number of halogens is 2. The second-order valence-electron chi connectivity index (χ2n) is 3.49. The van der Waals surface area contributed by atoms with Crippen molar-refractivity contribution < 1.29 is 23.4 Å². The van der Waals surface area contributed by atoms with E-state index in [9.17, 15) is 18.7 Å². The predicted octanol–water partition coefficient (Wildman–Crippen LogP) is 1.29. The fourth-order valence-corrected chi connectivity index (χ4v) is 1.44. The van der Waals surface area contributed by atoms with Crippen LogP contribution in [0, 0.1) is 0 Å². The van der Waals surface area contributed by atoms with Gasteiger partial charge in [0.05, 0.1) is 18.7 Å². The normalized spacial score (nSPS) is 10.7. The molecule has 0 aliphatic rings. The van der Waals surface area contributed by atoms with Crippen LogP contribution in [-0.4, -0.2) is 22.7 Å². The smallest absolute Gasteiger partial charge is 0.311 e. The summed E-state index contributed by atoms with van der Waals surface area (Å²) in [6.45, 7) is 1.81. The van der Waals surface area contributed by atoms with Crippen molar-refractivity contribution in [3.63, 3.8) is 0 Å². The quantitative estimate of drug-likeness (QED) is 0.779. The molecule has 0 aromatic carbocycles. The lowest BCUT2D eigenvalue weighted by Gasteiger charge is -2.10. The van der Waals surface area contributed by atoms with Crippen molar-refractivity contribution in [3.05, 3.63) is 23.0 Å². The molecule has 0 bridgehead atoms. The molecule has 1 heterocycles. The second kappa shape index (κ2) is 6.25. The molecule has 100 valence electrons. The highest BCUT2D eigenvalue weighted by molar-refractivity contribution is 5.72. The van der Waals surface area contributed by atoms with Crippen LogP contribution in [0.3, 0.4) is 0 Å². The SMILES string of the molecule is CCOC(=O)Cc1nc(C(F)F)c(O)cc1CN.